The first-order valence-corrected chi connectivity index (χ1v) is 6.90. The molecule has 0 saturated carbocycles. The molecule has 5 heteroatoms. The maximum Gasteiger partial charge on any atom is 0.338 e. The second-order valence-electron chi connectivity index (χ2n) is 4.61. The standard InChI is InChI=1S/C17H12ClNO3/c1-11(16(20)13-6-8-15(18)9-7-13)22-17(21)14-4-2-12(10-19)3-5-14/h2-9,11H,1H3/t11-/m1/s1. The Morgan fingerprint density at radius 3 is 2.14 bits per heavy atom. The number of ketones is 1. The molecule has 0 aliphatic rings. The van der Waals surface area contributed by atoms with Gasteiger partial charge < -0.3 is 4.74 Å². The molecule has 2 rings (SSSR count). The number of hydrogen-bond acceptors (Lipinski definition) is 4. The summed E-state index contributed by atoms with van der Waals surface area (Å²) in [6.45, 7) is 1.51. The lowest BCUT2D eigenvalue weighted by Crippen LogP contribution is -2.24. The zero-order chi connectivity index (χ0) is 16.1. The van der Waals surface area contributed by atoms with Gasteiger partial charge in [-0.3, -0.25) is 4.79 Å². The highest BCUT2D eigenvalue weighted by Crippen LogP contribution is 2.13. The Hall–Kier alpha value is -2.64. The van der Waals surface area contributed by atoms with Crippen molar-refractivity contribution in [3.05, 3.63) is 70.2 Å². The zero-order valence-electron chi connectivity index (χ0n) is 11.7. The van der Waals surface area contributed by atoms with Gasteiger partial charge >= 0.3 is 5.97 Å². The topological polar surface area (TPSA) is 67.2 Å². The van der Waals surface area contributed by atoms with E-state index < -0.39 is 12.1 Å². The molecule has 0 aliphatic heterocycles. The van der Waals surface area contributed by atoms with Crippen molar-refractivity contribution < 1.29 is 14.3 Å². The summed E-state index contributed by atoms with van der Waals surface area (Å²) in [7, 11) is 0. The van der Waals surface area contributed by atoms with Gasteiger partial charge in [-0.05, 0) is 55.5 Å². The third-order valence-electron chi connectivity index (χ3n) is 3.03. The van der Waals surface area contributed by atoms with E-state index in [9.17, 15) is 9.59 Å². The van der Waals surface area contributed by atoms with Crippen LogP contribution in [0.15, 0.2) is 48.5 Å². The van der Waals surface area contributed by atoms with Crippen LogP contribution in [0.1, 0.15) is 33.2 Å². The van der Waals surface area contributed by atoms with Crippen molar-refractivity contribution in [1.82, 2.24) is 0 Å². The summed E-state index contributed by atoms with van der Waals surface area (Å²) in [5.74, 6) is -0.919. The van der Waals surface area contributed by atoms with Crippen molar-refractivity contribution in [1.29, 1.82) is 5.26 Å². The molecular formula is C17H12ClNO3. The second kappa shape index (κ2) is 6.88. The quantitative estimate of drug-likeness (QED) is 0.638. The Balaban J connectivity index is 2.05. The van der Waals surface area contributed by atoms with E-state index in [4.69, 9.17) is 21.6 Å². The summed E-state index contributed by atoms with van der Waals surface area (Å²) in [4.78, 5) is 24.1. The highest BCUT2D eigenvalue weighted by Gasteiger charge is 2.20. The maximum absolute atomic E-state index is 12.2. The molecule has 0 N–H and O–H groups in total. The Bertz CT molecular complexity index is 730. The van der Waals surface area contributed by atoms with Gasteiger partial charge in [0, 0.05) is 10.6 Å². The molecule has 2 aromatic rings. The van der Waals surface area contributed by atoms with Crippen molar-refractivity contribution in [3.63, 3.8) is 0 Å². The van der Waals surface area contributed by atoms with Crippen LogP contribution in [0.5, 0.6) is 0 Å². The summed E-state index contributed by atoms with van der Waals surface area (Å²) < 4.78 is 5.15. The molecule has 0 heterocycles. The van der Waals surface area contributed by atoms with Crippen molar-refractivity contribution in [3.8, 4) is 6.07 Å². The average molecular weight is 314 g/mol. The van der Waals surface area contributed by atoms with E-state index >= 15 is 0 Å². The summed E-state index contributed by atoms with van der Waals surface area (Å²) in [6.07, 6.45) is -0.913. The monoisotopic (exact) mass is 313 g/mol. The van der Waals surface area contributed by atoms with Gasteiger partial charge in [0.25, 0.3) is 0 Å². The highest BCUT2D eigenvalue weighted by atomic mass is 35.5. The summed E-state index contributed by atoms with van der Waals surface area (Å²) in [5.41, 5.74) is 1.15. The number of nitrogens with zero attached hydrogens (tertiary/aromatic N) is 1. The van der Waals surface area contributed by atoms with E-state index in [-0.39, 0.29) is 11.3 Å². The molecule has 0 amide bonds. The van der Waals surface area contributed by atoms with Crippen LogP contribution in [0.25, 0.3) is 0 Å². The van der Waals surface area contributed by atoms with Crippen LogP contribution in [0.2, 0.25) is 5.02 Å². The number of carbonyl (C=O) groups is 2. The number of ether oxygens (including phenoxy) is 1. The molecule has 0 bridgehead atoms. The van der Waals surface area contributed by atoms with Crippen molar-refractivity contribution in [2.24, 2.45) is 0 Å². The van der Waals surface area contributed by atoms with E-state index in [0.717, 1.165) is 0 Å². The van der Waals surface area contributed by atoms with Crippen LogP contribution in [0.3, 0.4) is 0 Å². The molecule has 22 heavy (non-hydrogen) atoms. The third kappa shape index (κ3) is 3.72. The molecule has 0 unspecified atom stereocenters. The predicted octanol–water partition coefficient (Wildman–Crippen LogP) is 3.64. The number of nitriles is 1. The van der Waals surface area contributed by atoms with Crippen molar-refractivity contribution in [2.45, 2.75) is 13.0 Å². The number of Topliss-reactive ketones (excluding diaryl/α,β-unsaturated/α-hetero) is 1. The van der Waals surface area contributed by atoms with Crippen LogP contribution in [0.4, 0.5) is 0 Å². The molecule has 1 atom stereocenters. The van der Waals surface area contributed by atoms with Gasteiger partial charge in [-0.25, -0.2) is 4.79 Å². The van der Waals surface area contributed by atoms with Gasteiger partial charge in [-0.15, -0.1) is 0 Å². The zero-order valence-corrected chi connectivity index (χ0v) is 12.5. The molecule has 110 valence electrons. The first kappa shape index (κ1) is 15.7. The first-order chi connectivity index (χ1) is 10.5. The van der Waals surface area contributed by atoms with Crippen LogP contribution in [-0.2, 0) is 4.74 Å². The minimum absolute atomic E-state index is 0.287. The number of esters is 1. The number of rotatable bonds is 4. The lowest BCUT2D eigenvalue weighted by molar-refractivity contribution is 0.0319. The van der Waals surface area contributed by atoms with E-state index in [1.54, 1.807) is 24.3 Å². The lowest BCUT2D eigenvalue weighted by atomic mass is 10.1. The first-order valence-electron chi connectivity index (χ1n) is 6.52. The number of hydrogen-bond donors (Lipinski definition) is 0. The Kier molecular flexibility index (Phi) is 4.92. The fourth-order valence-corrected chi connectivity index (χ4v) is 1.94. The maximum atomic E-state index is 12.2. The number of halogens is 1. The molecule has 0 aliphatic carbocycles. The molecule has 0 fully saturated rings. The lowest BCUT2D eigenvalue weighted by Gasteiger charge is -2.12. The molecular weight excluding hydrogens is 302 g/mol. The Morgan fingerprint density at radius 1 is 1.05 bits per heavy atom. The average Bonchev–Trinajstić information content (AvgIpc) is 2.54. The molecule has 4 nitrogen and oxygen atoms in total. The second-order valence-corrected chi connectivity index (χ2v) is 5.04. The SMILES string of the molecule is C[C@@H](OC(=O)c1ccc(C#N)cc1)C(=O)c1ccc(Cl)cc1. The normalized spacial score (nSPS) is 11.3. The van der Waals surface area contributed by atoms with Gasteiger partial charge in [-0.1, -0.05) is 11.6 Å². The van der Waals surface area contributed by atoms with E-state index in [2.05, 4.69) is 0 Å². The van der Waals surface area contributed by atoms with Crippen molar-refractivity contribution in [2.75, 3.05) is 0 Å². The van der Waals surface area contributed by atoms with E-state index in [1.165, 1.54) is 31.2 Å². The number of benzene rings is 2. The molecule has 0 radical (unpaired) electrons. The van der Waals surface area contributed by atoms with Gasteiger partial charge in [0.1, 0.15) is 0 Å². The summed E-state index contributed by atoms with van der Waals surface area (Å²) in [5, 5.41) is 9.24. The molecule has 0 saturated heterocycles. The minimum Gasteiger partial charge on any atom is -0.451 e. The van der Waals surface area contributed by atoms with Gasteiger partial charge in [-0.2, -0.15) is 5.26 Å². The van der Waals surface area contributed by atoms with Crippen LogP contribution < -0.4 is 0 Å². The largest absolute Gasteiger partial charge is 0.451 e. The summed E-state index contributed by atoms with van der Waals surface area (Å²) in [6, 6.07) is 14.3. The van der Waals surface area contributed by atoms with Crippen LogP contribution in [-0.4, -0.2) is 17.9 Å². The van der Waals surface area contributed by atoms with Crippen LogP contribution >= 0.6 is 11.6 Å². The Morgan fingerprint density at radius 2 is 1.59 bits per heavy atom. The highest BCUT2D eigenvalue weighted by molar-refractivity contribution is 6.30. The smallest absolute Gasteiger partial charge is 0.338 e. The molecule has 0 aromatic heterocycles. The third-order valence-corrected chi connectivity index (χ3v) is 3.28. The number of carbonyl (C=O) groups excluding carboxylic acids is 2. The molecule has 0 spiro atoms. The predicted molar refractivity (Wildman–Crippen MR) is 81.8 cm³/mol. The van der Waals surface area contributed by atoms with Crippen LogP contribution in [0, 0.1) is 11.3 Å². The molecule has 2 aromatic carbocycles. The fraction of sp³-hybridized carbons (Fsp3) is 0.118. The van der Waals surface area contributed by atoms with E-state index in [0.29, 0.717) is 16.1 Å². The minimum atomic E-state index is -0.913. The van der Waals surface area contributed by atoms with Crippen molar-refractivity contribution >= 4 is 23.4 Å². The Labute approximate surface area is 132 Å². The van der Waals surface area contributed by atoms with Gasteiger partial charge in [0.05, 0.1) is 17.2 Å². The van der Waals surface area contributed by atoms with Gasteiger partial charge in [0.15, 0.2) is 6.10 Å². The fourth-order valence-electron chi connectivity index (χ4n) is 1.81. The van der Waals surface area contributed by atoms with E-state index in [1.807, 2.05) is 6.07 Å². The van der Waals surface area contributed by atoms with Gasteiger partial charge in [0.2, 0.25) is 5.78 Å². The summed E-state index contributed by atoms with van der Waals surface area (Å²) >= 11 is 5.77.